The molecule has 1 saturated heterocycles. The number of ether oxygens (including phenoxy) is 1. The molecule has 2 heterocycles. The van der Waals surface area contributed by atoms with Crippen LogP contribution in [0.1, 0.15) is 12.6 Å². The van der Waals surface area contributed by atoms with E-state index in [1.54, 1.807) is 0 Å². The number of aliphatic hydroxyl groups is 4. The first-order valence-electron chi connectivity index (χ1n) is 6.82. The predicted molar refractivity (Wildman–Crippen MR) is 77.9 cm³/mol. The van der Waals surface area contributed by atoms with Crippen LogP contribution in [0.4, 0.5) is 0 Å². The molecule has 9 nitrogen and oxygen atoms in total. The van der Waals surface area contributed by atoms with Gasteiger partial charge in [0.15, 0.2) is 0 Å². The minimum absolute atomic E-state index is 0.0895. The van der Waals surface area contributed by atoms with Gasteiger partial charge in [0.25, 0.3) is 0 Å². The van der Waals surface area contributed by atoms with Crippen molar-refractivity contribution < 1.29 is 51.3 Å². The third kappa shape index (κ3) is 5.96. The summed E-state index contributed by atoms with van der Waals surface area (Å²) in [7, 11) is 0. The first-order valence-corrected chi connectivity index (χ1v) is 10.2. The summed E-state index contributed by atoms with van der Waals surface area (Å²) in [5.74, 6) is 0.219. The van der Waals surface area contributed by atoms with Gasteiger partial charge in [0.2, 0.25) is 0 Å². The van der Waals surface area contributed by atoms with Crippen molar-refractivity contribution in [3.8, 4) is 0 Å². The summed E-state index contributed by atoms with van der Waals surface area (Å²) in [6, 6.07) is 0. The first kappa shape index (κ1) is 20.8. The van der Waals surface area contributed by atoms with Crippen molar-refractivity contribution in [1.29, 1.82) is 0 Å². The van der Waals surface area contributed by atoms with Crippen molar-refractivity contribution in [3.05, 3.63) is 27.0 Å². The predicted octanol–water partition coefficient (Wildman–Crippen LogP) is -3.76. The molecule has 11 heteroatoms. The Kier molecular flexibility index (Phi) is 8.97. The molecule has 1 fully saturated rings. The van der Waals surface area contributed by atoms with Gasteiger partial charge in [-0.25, -0.2) is 0 Å². The fourth-order valence-electron chi connectivity index (χ4n) is 1.84. The van der Waals surface area contributed by atoms with E-state index < -0.39 is 30.2 Å². The van der Waals surface area contributed by atoms with E-state index in [-0.39, 0.29) is 57.1 Å². The van der Waals surface area contributed by atoms with Crippen LogP contribution in [0.25, 0.3) is 0 Å². The monoisotopic (exact) mass is 536 g/mol. The average Bonchev–Trinajstić information content (AvgIpc) is 2.91. The molecular weight excluding hydrogens is 517 g/mol. The van der Waals surface area contributed by atoms with Crippen LogP contribution >= 0.6 is 0 Å². The largest absolute Gasteiger partial charge is 0.790 e. The summed E-state index contributed by atoms with van der Waals surface area (Å²) >= 11 is 4.45. The number of hydrogen-bond acceptors (Lipinski definition) is 8. The second-order valence-corrected chi connectivity index (χ2v) is 8.23. The normalized spacial score (nSPS) is 24.9. The molecule has 0 saturated carbocycles. The van der Waals surface area contributed by atoms with E-state index in [4.69, 9.17) is 20.1 Å². The molecule has 0 amide bonds. The second kappa shape index (κ2) is 9.92. The third-order valence-electron chi connectivity index (χ3n) is 3.14. The van der Waals surface area contributed by atoms with E-state index in [1.165, 1.54) is 10.8 Å². The Hall–Kier alpha value is -0.235. The van der Waals surface area contributed by atoms with Gasteiger partial charge in [0.1, 0.15) is 0 Å². The van der Waals surface area contributed by atoms with Gasteiger partial charge in [-0.2, -0.15) is 0 Å². The maximum Gasteiger partial charge on any atom is 0.0672 e. The van der Waals surface area contributed by atoms with Gasteiger partial charge in [-0.3, -0.25) is 0 Å². The molecule has 1 aromatic heterocycles. The van der Waals surface area contributed by atoms with E-state index in [0.29, 0.717) is 3.07 Å². The number of nitrogens with zero attached hydrogens (tertiary/aromatic N) is 1. The smallest absolute Gasteiger partial charge is 0.0672 e. The van der Waals surface area contributed by atoms with E-state index >= 15 is 0 Å². The summed E-state index contributed by atoms with van der Waals surface area (Å²) in [5, 5.41) is 34.9. The summed E-state index contributed by atoms with van der Waals surface area (Å²) in [6.07, 6.45) is -1.10. The van der Waals surface area contributed by atoms with Crippen molar-refractivity contribution >= 4 is 15.7 Å². The Bertz CT molecular complexity index is 604. The second-order valence-electron chi connectivity index (χ2n) is 4.94. The standard InChI is InChI=1S/C9H11N2O5.C3H8O2S.Hg/c12-4-6-5(13)3-8(16-6)11-2-1-7(14)10-9(11)15;4-1-3(5)2-6;/h2,5-6,8,12-13H,3-4H2,(H,10,14,15);3-6H,1-2H2;/q;;+1/p-1/t5-,6+,8+;;/m0../s1. The van der Waals surface area contributed by atoms with Crippen molar-refractivity contribution in [2.24, 2.45) is 0 Å². The van der Waals surface area contributed by atoms with Crippen LogP contribution in [0.5, 0.6) is 0 Å². The van der Waals surface area contributed by atoms with Gasteiger partial charge in [-0.1, -0.05) is 0 Å². The summed E-state index contributed by atoms with van der Waals surface area (Å²) in [6.45, 7) is -0.517. The number of nitrogens with one attached hydrogen (secondary N) is 1. The minimum Gasteiger partial charge on any atom is -0.790 e. The molecule has 0 radical (unpaired) electrons. The number of aromatic nitrogens is 2. The van der Waals surface area contributed by atoms with Gasteiger partial charge in [-0.05, 0) is 0 Å². The quantitative estimate of drug-likeness (QED) is 0.196. The zero-order chi connectivity index (χ0) is 17.6. The Morgan fingerprint density at radius 1 is 1.48 bits per heavy atom. The van der Waals surface area contributed by atoms with Crippen LogP contribution in [0.15, 0.2) is 15.8 Å². The van der Waals surface area contributed by atoms with Crippen molar-refractivity contribution in [2.75, 3.05) is 19.0 Å². The summed E-state index contributed by atoms with van der Waals surface area (Å²) in [5.41, 5.74) is -0.910. The van der Waals surface area contributed by atoms with E-state index in [9.17, 15) is 14.7 Å². The zero-order valence-electron chi connectivity index (χ0n) is 12.3. The van der Waals surface area contributed by atoms with Gasteiger partial charge in [0, 0.05) is 0 Å². The Morgan fingerprint density at radius 3 is 2.57 bits per heavy atom. The molecule has 0 spiro atoms. The molecule has 1 unspecified atom stereocenters. The van der Waals surface area contributed by atoms with E-state index in [1.807, 2.05) is 0 Å². The number of hydrogen-bond donors (Lipinski definition) is 5. The van der Waals surface area contributed by atoms with Crippen LogP contribution in [-0.2, 0) is 43.5 Å². The van der Waals surface area contributed by atoms with E-state index in [2.05, 4.69) is 17.6 Å². The van der Waals surface area contributed by atoms with Crippen LogP contribution in [-0.4, -0.2) is 67.3 Å². The van der Waals surface area contributed by atoms with Crippen molar-refractivity contribution in [2.45, 2.75) is 31.0 Å². The average molecular weight is 535 g/mol. The van der Waals surface area contributed by atoms with Crippen LogP contribution in [0.3, 0.4) is 0 Å². The molecule has 0 aromatic carbocycles. The molecule has 2 rings (SSSR count). The number of H-pyrrole nitrogens is 1. The minimum atomic E-state index is -0.800. The summed E-state index contributed by atoms with van der Waals surface area (Å²) < 4.78 is 7.19. The Labute approximate surface area is 153 Å². The molecule has 1 aromatic rings. The molecule has 126 valence electrons. The molecule has 1 aliphatic heterocycles. The van der Waals surface area contributed by atoms with Gasteiger partial charge >= 0.3 is 112 Å². The number of rotatable bonds is 4. The maximum absolute atomic E-state index is 11.6. The van der Waals surface area contributed by atoms with Crippen molar-refractivity contribution in [3.63, 3.8) is 0 Å². The van der Waals surface area contributed by atoms with Gasteiger partial charge < -0.3 is 22.8 Å². The third-order valence-corrected chi connectivity index (χ3v) is 5.48. The van der Waals surface area contributed by atoms with Gasteiger partial charge in [-0.15, -0.1) is 5.75 Å². The van der Waals surface area contributed by atoms with Crippen molar-refractivity contribution in [1.82, 2.24) is 9.55 Å². The van der Waals surface area contributed by atoms with Crippen LogP contribution in [0, 0.1) is 0 Å². The first-order chi connectivity index (χ1) is 10.8. The fourth-order valence-corrected chi connectivity index (χ4v) is 3.06. The number of aromatic amines is 1. The maximum atomic E-state index is 11.6. The topological polar surface area (TPSA) is 145 Å². The number of aliphatic hydroxyl groups excluding tert-OH is 4. The zero-order valence-corrected chi connectivity index (χ0v) is 18.6. The van der Waals surface area contributed by atoms with Crippen LogP contribution < -0.4 is 14.3 Å². The SMILES string of the molecule is O=c1[nH]c(=O)n([C@H]2C[C@H](O)[C@@H](CO)O2)c[c]1[Hg+].OCC(O)C[S-]. The molecule has 4 atom stereocenters. The van der Waals surface area contributed by atoms with Gasteiger partial charge in [0.05, 0.1) is 12.7 Å². The van der Waals surface area contributed by atoms with Crippen LogP contribution in [0.2, 0.25) is 0 Å². The fraction of sp³-hybridized carbons (Fsp3) is 0.667. The molecule has 1 aliphatic rings. The summed E-state index contributed by atoms with van der Waals surface area (Å²) in [4.78, 5) is 25.0. The Morgan fingerprint density at radius 2 is 2.13 bits per heavy atom. The Balaban J connectivity index is 0.000000379. The molecule has 23 heavy (non-hydrogen) atoms. The van der Waals surface area contributed by atoms with E-state index in [0.717, 1.165) is 0 Å². The molecule has 0 bridgehead atoms. The molecular formula is C12H18HgN2O7S. The molecule has 0 aliphatic carbocycles. The molecule has 5 N–H and O–H groups in total.